The predicted molar refractivity (Wildman–Crippen MR) is 142 cm³/mol. The second-order valence-electron chi connectivity index (χ2n) is 8.77. The van der Waals surface area contributed by atoms with Crippen LogP contribution in [0.4, 0.5) is 0 Å². The van der Waals surface area contributed by atoms with Gasteiger partial charge in [-0.1, -0.05) is 12.1 Å². The van der Waals surface area contributed by atoms with E-state index in [0.29, 0.717) is 52.7 Å². The van der Waals surface area contributed by atoms with Gasteiger partial charge in [0.1, 0.15) is 22.1 Å². The molecule has 37 heavy (non-hydrogen) atoms. The van der Waals surface area contributed by atoms with Crippen molar-refractivity contribution in [1.29, 1.82) is 0 Å². The molecule has 0 N–H and O–H groups in total. The molecule has 0 radical (unpaired) electrons. The van der Waals surface area contributed by atoms with Gasteiger partial charge in [0.05, 0.1) is 45.5 Å². The van der Waals surface area contributed by atoms with Crippen LogP contribution in [0.15, 0.2) is 52.1 Å². The van der Waals surface area contributed by atoms with E-state index in [1.807, 2.05) is 24.3 Å². The molecule has 0 unspecified atom stereocenters. The minimum absolute atomic E-state index is 0.0164. The standard InChI is InChI=1S/C27H27N3O6S/c1-16(31)28-11-10-20-23(15-28)37-26-24(20)25(32)30(21-9-8-19(35-3)13-22(21)36-4)27(33)29(26)14-17-6-5-7-18(12-17)34-2/h5-9,12-13H,10-11,14-15H2,1-4H3. The summed E-state index contributed by atoms with van der Waals surface area (Å²) in [6.45, 7) is 2.72. The number of hydrogen-bond donors (Lipinski definition) is 0. The van der Waals surface area contributed by atoms with Gasteiger partial charge in [-0.25, -0.2) is 9.36 Å². The third-order valence-electron chi connectivity index (χ3n) is 6.67. The largest absolute Gasteiger partial charge is 0.497 e. The fraction of sp³-hybridized carbons (Fsp3) is 0.296. The Bertz CT molecular complexity index is 1630. The van der Waals surface area contributed by atoms with Gasteiger partial charge < -0.3 is 19.1 Å². The normalized spacial score (nSPS) is 12.9. The van der Waals surface area contributed by atoms with Crippen LogP contribution in [0, 0.1) is 0 Å². The average Bonchev–Trinajstić information content (AvgIpc) is 3.30. The highest BCUT2D eigenvalue weighted by atomic mass is 32.1. The molecule has 4 aromatic rings. The van der Waals surface area contributed by atoms with Crippen molar-refractivity contribution in [3.8, 4) is 22.9 Å². The number of rotatable bonds is 6. The Kier molecular flexibility index (Phi) is 6.51. The Morgan fingerprint density at radius 2 is 1.76 bits per heavy atom. The molecule has 0 bridgehead atoms. The number of nitrogens with zero attached hydrogens (tertiary/aromatic N) is 3. The van der Waals surface area contributed by atoms with E-state index in [2.05, 4.69) is 0 Å². The zero-order valence-electron chi connectivity index (χ0n) is 21.1. The van der Waals surface area contributed by atoms with Crippen LogP contribution in [-0.2, 0) is 24.3 Å². The van der Waals surface area contributed by atoms with Crippen LogP contribution in [0.25, 0.3) is 15.9 Å². The summed E-state index contributed by atoms with van der Waals surface area (Å²) in [6, 6.07) is 12.5. The third-order valence-corrected chi connectivity index (χ3v) is 7.91. The quantitative estimate of drug-likeness (QED) is 0.387. The average molecular weight is 522 g/mol. The van der Waals surface area contributed by atoms with Crippen molar-refractivity contribution >= 4 is 27.5 Å². The van der Waals surface area contributed by atoms with Gasteiger partial charge in [-0.05, 0) is 41.8 Å². The second-order valence-corrected chi connectivity index (χ2v) is 9.86. The highest BCUT2D eigenvalue weighted by molar-refractivity contribution is 7.18. The summed E-state index contributed by atoms with van der Waals surface area (Å²) in [7, 11) is 4.61. The van der Waals surface area contributed by atoms with Gasteiger partial charge in [0.25, 0.3) is 5.56 Å². The maximum absolute atomic E-state index is 14.0. The molecule has 10 heteroatoms. The predicted octanol–water partition coefficient (Wildman–Crippen LogP) is 3.19. The second kappa shape index (κ2) is 9.78. The van der Waals surface area contributed by atoms with Gasteiger partial charge >= 0.3 is 5.69 Å². The van der Waals surface area contributed by atoms with Crippen molar-refractivity contribution in [2.24, 2.45) is 0 Å². The maximum Gasteiger partial charge on any atom is 0.337 e. The number of ether oxygens (including phenoxy) is 3. The molecule has 9 nitrogen and oxygen atoms in total. The lowest BCUT2D eigenvalue weighted by Gasteiger charge is -2.25. The SMILES string of the molecule is COc1cccc(Cn2c(=O)n(-c3ccc(OC)cc3OC)c(=O)c3c4c(sc32)CN(C(C)=O)CC4)c1. The van der Waals surface area contributed by atoms with Crippen molar-refractivity contribution in [3.05, 3.63) is 79.3 Å². The number of amides is 1. The van der Waals surface area contributed by atoms with Crippen LogP contribution < -0.4 is 25.5 Å². The first-order chi connectivity index (χ1) is 17.9. The maximum atomic E-state index is 14.0. The van der Waals surface area contributed by atoms with Crippen molar-refractivity contribution < 1.29 is 19.0 Å². The summed E-state index contributed by atoms with van der Waals surface area (Å²) < 4.78 is 19.0. The topological polar surface area (TPSA) is 92.0 Å². The summed E-state index contributed by atoms with van der Waals surface area (Å²) >= 11 is 1.40. The molecule has 0 saturated heterocycles. The molecule has 0 spiro atoms. The lowest BCUT2D eigenvalue weighted by atomic mass is 10.1. The summed E-state index contributed by atoms with van der Waals surface area (Å²) in [6.07, 6.45) is 0.543. The van der Waals surface area contributed by atoms with Gasteiger partial charge in [-0.3, -0.25) is 14.2 Å². The first-order valence-electron chi connectivity index (χ1n) is 11.8. The lowest BCUT2D eigenvalue weighted by molar-refractivity contribution is -0.129. The van der Waals surface area contributed by atoms with Gasteiger partial charge in [0, 0.05) is 24.4 Å². The smallest absolute Gasteiger partial charge is 0.337 e. The summed E-state index contributed by atoms with van der Waals surface area (Å²) in [5.41, 5.74) is 1.19. The van der Waals surface area contributed by atoms with Gasteiger partial charge in [0.15, 0.2) is 0 Å². The highest BCUT2D eigenvalue weighted by Crippen LogP contribution is 2.34. The van der Waals surface area contributed by atoms with Gasteiger partial charge in [-0.2, -0.15) is 0 Å². The molecule has 192 valence electrons. The molecule has 2 aromatic heterocycles. The first kappa shape index (κ1) is 24.6. The molecule has 2 aromatic carbocycles. The van der Waals surface area contributed by atoms with E-state index >= 15 is 0 Å². The molecule has 0 saturated carbocycles. The lowest BCUT2D eigenvalue weighted by Crippen LogP contribution is -2.39. The summed E-state index contributed by atoms with van der Waals surface area (Å²) in [4.78, 5) is 43.3. The number of aromatic nitrogens is 2. The van der Waals surface area contributed by atoms with Crippen molar-refractivity contribution in [2.75, 3.05) is 27.9 Å². The first-order valence-corrected chi connectivity index (χ1v) is 12.6. The Labute approximate surface area is 217 Å². The molecule has 5 rings (SSSR count). The van der Waals surface area contributed by atoms with E-state index in [0.717, 1.165) is 16.0 Å². The van der Waals surface area contributed by atoms with Crippen molar-refractivity contribution in [3.63, 3.8) is 0 Å². The van der Waals surface area contributed by atoms with Crippen LogP contribution in [0.1, 0.15) is 22.9 Å². The van der Waals surface area contributed by atoms with E-state index in [1.54, 1.807) is 41.7 Å². The van der Waals surface area contributed by atoms with E-state index in [9.17, 15) is 14.4 Å². The van der Waals surface area contributed by atoms with Crippen molar-refractivity contribution in [1.82, 2.24) is 14.0 Å². The number of methoxy groups -OCH3 is 3. The van der Waals surface area contributed by atoms with E-state index in [4.69, 9.17) is 14.2 Å². The zero-order valence-corrected chi connectivity index (χ0v) is 21.9. The Balaban J connectivity index is 1.80. The zero-order chi connectivity index (χ0) is 26.3. The molecular formula is C27H27N3O6S. The van der Waals surface area contributed by atoms with Crippen LogP contribution in [0.5, 0.6) is 17.2 Å². The molecule has 0 aliphatic carbocycles. The number of benzene rings is 2. The van der Waals surface area contributed by atoms with E-state index in [-0.39, 0.29) is 12.5 Å². The third kappa shape index (κ3) is 4.27. The van der Waals surface area contributed by atoms with Gasteiger partial charge in [0.2, 0.25) is 5.91 Å². The molecule has 3 heterocycles. The number of hydrogen-bond acceptors (Lipinski definition) is 7. The number of carbonyl (C=O) groups is 1. The van der Waals surface area contributed by atoms with Crippen LogP contribution >= 0.6 is 11.3 Å². The molecule has 0 fully saturated rings. The number of carbonyl (C=O) groups excluding carboxylic acids is 1. The van der Waals surface area contributed by atoms with Crippen molar-refractivity contribution in [2.45, 2.75) is 26.4 Å². The highest BCUT2D eigenvalue weighted by Gasteiger charge is 2.28. The molecule has 1 aliphatic heterocycles. The Morgan fingerprint density at radius 3 is 2.46 bits per heavy atom. The molecule has 1 aliphatic rings. The fourth-order valence-corrected chi connectivity index (χ4v) is 6.10. The van der Waals surface area contributed by atoms with Crippen LogP contribution in [-0.4, -0.2) is 47.8 Å². The molecular weight excluding hydrogens is 494 g/mol. The Morgan fingerprint density at radius 1 is 1.00 bits per heavy atom. The van der Waals surface area contributed by atoms with Crippen LogP contribution in [0.2, 0.25) is 0 Å². The molecule has 0 atom stereocenters. The van der Waals surface area contributed by atoms with E-state index in [1.165, 1.54) is 30.1 Å². The minimum Gasteiger partial charge on any atom is -0.497 e. The Hall–Kier alpha value is -4.05. The molecule has 1 amide bonds. The summed E-state index contributed by atoms with van der Waals surface area (Å²) in [5, 5.41) is 0.503. The van der Waals surface area contributed by atoms with E-state index < -0.39 is 11.2 Å². The monoisotopic (exact) mass is 521 g/mol. The van der Waals surface area contributed by atoms with Crippen LogP contribution in [0.3, 0.4) is 0 Å². The minimum atomic E-state index is -0.481. The number of fused-ring (bicyclic) bond motifs is 3. The fourth-order valence-electron chi connectivity index (χ4n) is 4.75. The summed E-state index contributed by atoms with van der Waals surface area (Å²) in [5.74, 6) is 1.55. The van der Waals surface area contributed by atoms with Gasteiger partial charge in [-0.15, -0.1) is 11.3 Å². The number of thiophene rings is 1.